The molecule has 0 saturated heterocycles. The standard InChI is InChI=1S/C12H20N2OS/c1-3-6-13-12-5-4-11(9-14-12)10-16-8-7-15-2/h4-5,9H,3,6-8,10H2,1-2H3,(H,13,14). The number of aromatic nitrogens is 1. The van der Waals surface area contributed by atoms with Gasteiger partial charge in [-0.05, 0) is 18.1 Å². The zero-order valence-electron chi connectivity index (χ0n) is 10.0. The van der Waals surface area contributed by atoms with Gasteiger partial charge in [0.25, 0.3) is 0 Å². The minimum absolute atomic E-state index is 0.814. The first kappa shape index (κ1) is 13.3. The lowest BCUT2D eigenvalue weighted by Crippen LogP contribution is -2.01. The van der Waals surface area contributed by atoms with Crippen molar-refractivity contribution in [3.05, 3.63) is 23.9 Å². The van der Waals surface area contributed by atoms with Crippen LogP contribution in [0.1, 0.15) is 18.9 Å². The summed E-state index contributed by atoms with van der Waals surface area (Å²) in [6.45, 7) is 3.94. The maximum atomic E-state index is 5.00. The third-order valence-electron chi connectivity index (χ3n) is 2.08. The molecule has 0 spiro atoms. The molecule has 1 aromatic rings. The van der Waals surface area contributed by atoms with Crippen LogP contribution in [0.2, 0.25) is 0 Å². The van der Waals surface area contributed by atoms with Crippen LogP contribution < -0.4 is 5.32 Å². The van der Waals surface area contributed by atoms with Gasteiger partial charge in [0.05, 0.1) is 6.61 Å². The van der Waals surface area contributed by atoms with Crippen molar-refractivity contribution in [3.8, 4) is 0 Å². The predicted octanol–water partition coefficient (Wildman–Crippen LogP) is 2.78. The summed E-state index contributed by atoms with van der Waals surface area (Å²) >= 11 is 1.87. The monoisotopic (exact) mass is 240 g/mol. The summed E-state index contributed by atoms with van der Waals surface area (Å²) in [5, 5.41) is 3.26. The van der Waals surface area contributed by atoms with Crippen LogP contribution in [0.3, 0.4) is 0 Å². The van der Waals surface area contributed by atoms with Crippen molar-refractivity contribution in [1.29, 1.82) is 0 Å². The van der Waals surface area contributed by atoms with E-state index in [9.17, 15) is 0 Å². The van der Waals surface area contributed by atoms with E-state index < -0.39 is 0 Å². The van der Waals surface area contributed by atoms with Crippen LogP contribution in [0.5, 0.6) is 0 Å². The Morgan fingerprint density at radius 2 is 2.31 bits per heavy atom. The molecule has 0 unspecified atom stereocenters. The first-order valence-electron chi connectivity index (χ1n) is 5.62. The molecule has 0 saturated carbocycles. The molecule has 0 fully saturated rings. The fourth-order valence-electron chi connectivity index (χ4n) is 1.20. The number of pyridine rings is 1. The molecule has 3 nitrogen and oxygen atoms in total. The largest absolute Gasteiger partial charge is 0.384 e. The molecule has 16 heavy (non-hydrogen) atoms. The second-order valence-corrected chi connectivity index (χ2v) is 4.63. The molecule has 1 aromatic heterocycles. The summed E-state index contributed by atoms with van der Waals surface area (Å²) in [5.41, 5.74) is 1.27. The Kier molecular flexibility index (Phi) is 7.01. The van der Waals surface area contributed by atoms with E-state index in [1.54, 1.807) is 7.11 Å². The Bertz CT molecular complexity index is 277. The second kappa shape index (κ2) is 8.42. The maximum absolute atomic E-state index is 5.00. The minimum Gasteiger partial charge on any atom is -0.384 e. The third-order valence-corrected chi connectivity index (χ3v) is 3.07. The molecule has 1 heterocycles. The Morgan fingerprint density at radius 3 is 2.94 bits per heavy atom. The average Bonchev–Trinajstić information content (AvgIpc) is 2.33. The topological polar surface area (TPSA) is 34.1 Å². The van der Waals surface area contributed by atoms with Crippen LogP contribution in [-0.4, -0.2) is 31.0 Å². The molecule has 0 aromatic carbocycles. The summed E-state index contributed by atoms with van der Waals surface area (Å²) in [6, 6.07) is 4.17. The Hall–Kier alpha value is -0.740. The molecule has 0 aliphatic carbocycles. The molecule has 0 aliphatic heterocycles. The Morgan fingerprint density at radius 1 is 1.44 bits per heavy atom. The lowest BCUT2D eigenvalue weighted by atomic mass is 10.3. The van der Waals surface area contributed by atoms with Gasteiger partial charge in [0.2, 0.25) is 0 Å². The minimum atomic E-state index is 0.814. The van der Waals surface area contributed by atoms with Crippen molar-refractivity contribution in [3.63, 3.8) is 0 Å². The predicted molar refractivity (Wildman–Crippen MR) is 71.1 cm³/mol. The van der Waals surface area contributed by atoms with Crippen LogP contribution in [0.25, 0.3) is 0 Å². The van der Waals surface area contributed by atoms with Crippen molar-refractivity contribution >= 4 is 17.6 Å². The van der Waals surface area contributed by atoms with Crippen molar-refractivity contribution in [2.24, 2.45) is 0 Å². The number of nitrogens with one attached hydrogen (secondary N) is 1. The molecule has 0 aliphatic rings. The van der Waals surface area contributed by atoms with Crippen LogP contribution in [-0.2, 0) is 10.5 Å². The number of rotatable bonds is 8. The molecule has 4 heteroatoms. The third kappa shape index (κ3) is 5.37. The molecule has 1 N–H and O–H groups in total. The van der Waals surface area contributed by atoms with E-state index in [2.05, 4.69) is 23.3 Å². The highest BCUT2D eigenvalue weighted by Gasteiger charge is 1.96. The Labute approximate surface area is 102 Å². The summed E-state index contributed by atoms with van der Waals surface area (Å²) in [5.74, 6) is 3.00. The van der Waals surface area contributed by atoms with Gasteiger partial charge in [-0.3, -0.25) is 0 Å². The molecule has 0 bridgehead atoms. The van der Waals surface area contributed by atoms with Gasteiger partial charge in [0.15, 0.2) is 0 Å². The highest BCUT2D eigenvalue weighted by molar-refractivity contribution is 7.98. The normalized spacial score (nSPS) is 10.4. The molecular formula is C12H20N2OS. The number of hydrogen-bond acceptors (Lipinski definition) is 4. The number of anilines is 1. The van der Waals surface area contributed by atoms with Crippen LogP contribution in [0.4, 0.5) is 5.82 Å². The van der Waals surface area contributed by atoms with E-state index in [4.69, 9.17) is 4.74 Å². The van der Waals surface area contributed by atoms with E-state index in [0.29, 0.717) is 0 Å². The van der Waals surface area contributed by atoms with Gasteiger partial charge in [-0.15, -0.1) is 0 Å². The van der Waals surface area contributed by atoms with Gasteiger partial charge in [-0.25, -0.2) is 4.98 Å². The maximum Gasteiger partial charge on any atom is 0.125 e. The average molecular weight is 240 g/mol. The second-order valence-electron chi connectivity index (χ2n) is 3.52. The summed E-state index contributed by atoms with van der Waals surface area (Å²) in [6.07, 6.45) is 3.06. The van der Waals surface area contributed by atoms with Gasteiger partial charge in [-0.2, -0.15) is 11.8 Å². The Balaban J connectivity index is 2.27. The fraction of sp³-hybridized carbons (Fsp3) is 0.583. The van der Waals surface area contributed by atoms with Crippen LogP contribution in [0.15, 0.2) is 18.3 Å². The zero-order chi connectivity index (χ0) is 11.6. The zero-order valence-corrected chi connectivity index (χ0v) is 10.8. The van der Waals surface area contributed by atoms with Crippen molar-refractivity contribution < 1.29 is 4.74 Å². The SMILES string of the molecule is CCCNc1ccc(CSCCOC)cn1. The number of thioether (sulfide) groups is 1. The highest BCUT2D eigenvalue weighted by Crippen LogP contribution is 2.12. The summed E-state index contributed by atoms with van der Waals surface area (Å²) < 4.78 is 5.00. The van der Waals surface area contributed by atoms with Crippen molar-refractivity contribution in [2.75, 3.05) is 31.3 Å². The number of nitrogens with zero attached hydrogens (tertiary/aromatic N) is 1. The van der Waals surface area contributed by atoms with Gasteiger partial charge in [0, 0.05) is 31.4 Å². The first-order valence-corrected chi connectivity index (χ1v) is 6.77. The van der Waals surface area contributed by atoms with Gasteiger partial charge in [-0.1, -0.05) is 13.0 Å². The number of hydrogen-bond donors (Lipinski definition) is 1. The lowest BCUT2D eigenvalue weighted by Gasteiger charge is -2.05. The van der Waals surface area contributed by atoms with E-state index >= 15 is 0 Å². The number of ether oxygens (including phenoxy) is 1. The number of methoxy groups -OCH3 is 1. The smallest absolute Gasteiger partial charge is 0.125 e. The van der Waals surface area contributed by atoms with Crippen molar-refractivity contribution in [1.82, 2.24) is 4.98 Å². The summed E-state index contributed by atoms with van der Waals surface area (Å²) in [7, 11) is 1.73. The first-order chi connectivity index (χ1) is 7.86. The quantitative estimate of drug-likeness (QED) is 0.709. The molecule has 0 atom stereocenters. The van der Waals surface area contributed by atoms with E-state index in [1.807, 2.05) is 24.0 Å². The molecule has 0 amide bonds. The van der Waals surface area contributed by atoms with Crippen LogP contribution >= 0.6 is 11.8 Å². The lowest BCUT2D eigenvalue weighted by molar-refractivity contribution is 0.218. The van der Waals surface area contributed by atoms with Crippen molar-refractivity contribution in [2.45, 2.75) is 19.1 Å². The van der Waals surface area contributed by atoms with Gasteiger partial charge >= 0.3 is 0 Å². The fourth-order valence-corrected chi connectivity index (χ4v) is 2.04. The van der Waals surface area contributed by atoms with E-state index in [1.165, 1.54) is 5.56 Å². The van der Waals surface area contributed by atoms with Gasteiger partial charge < -0.3 is 10.1 Å². The van der Waals surface area contributed by atoms with Crippen LogP contribution in [0, 0.1) is 0 Å². The molecule has 0 radical (unpaired) electrons. The van der Waals surface area contributed by atoms with E-state index in [0.717, 1.165) is 36.9 Å². The highest BCUT2D eigenvalue weighted by atomic mass is 32.2. The summed E-state index contributed by atoms with van der Waals surface area (Å²) in [4.78, 5) is 4.36. The molecule has 90 valence electrons. The van der Waals surface area contributed by atoms with E-state index in [-0.39, 0.29) is 0 Å². The molecular weight excluding hydrogens is 220 g/mol. The van der Waals surface area contributed by atoms with Gasteiger partial charge in [0.1, 0.15) is 5.82 Å². The molecule has 1 rings (SSSR count).